The van der Waals surface area contributed by atoms with Crippen LogP contribution >= 0.6 is 11.6 Å². The van der Waals surface area contributed by atoms with Crippen LogP contribution in [0.25, 0.3) is 0 Å². The second-order valence-electron chi connectivity index (χ2n) is 7.57. The number of anilines is 3. The van der Waals surface area contributed by atoms with Crippen LogP contribution in [0.1, 0.15) is 25.7 Å². The van der Waals surface area contributed by atoms with E-state index in [1.165, 1.54) is 25.1 Å². The predicted octanol–water partition coefficient (Wildman–Crippen LogP) is 4.08. The number of aromatic nitrogens is 2. The van der Waals surface area contributed by atoms with Gasteiger partial charge in [-0.2, -0.15) is 4.98 Å². The van der Waals surface area contributed by atoms with Crippen molar-refractivity contribution in [2.24, 2.45) is 0 Å². The van der Waals surface area contributed by atoms with Gasteiger partial charge in [-0.25, -0.2) is 9.37 Å². The summed E-state index contributed by atoms with van der Waals surface area (Å²) in [6.07, 6.45) is 6.23. The maximum absolute atomic E-state index is 14.4. The van der Waals surface area contributed by atoms with E-state index in [1.54, 1.807) is 12.1 Å². The Hall–Kier alpha value is -2.16. The third-order valence-electron chi connectivity index (χ3n) is 5.32. The van der Waals surface area contributed by atoms with Gasteiger partial charge < -0.3 is 20.1 Å². The SMILES string of the molecule is Fc1cc(Nc2ncc(Cl)c(NC[C@H]3CCCO3)n2)ccc1OCCN1CCCC1. The minimum Gasteiger partial charge on any atom is -0.489 e. The summed E-state index contributed by atoms with van der Waals surface area (Å²) < 4.78 is 25.6. The van der Waals surface area contributed by atoms with Crippen LogP contribution in [-0.4, -0.2) is 60.4 Å². The Labute approximate surface area is 180 Å². The van der Waals surface area contributed by atoms with Crippen LogP contribution in [0.4, 0.5) is 21.8 Å². The normalized spacial score (nSPS) is 19.2. The third-order valence-corrected chi connectivity index (χ3v) is 5.59. The first kappa shape index (κ1) is 21.1. The van der Waals surface area contributed by atoms with Gasteiger partial charge in [-0.05, 0) is 50.9 Å². The highest BCUT2D eigenvalue weighted by Gasteiger charge is 2.16. The summed E-state index contributed by atoms with van der Waals surface area (Å²) in [6.45, 7) is 4.92. The van der Waals surface area contributed by atoms with Gasteiger partial charge in [0.2, 0.25) is 5.95 Å². The van der Waals surface area contributed by atoms with E-state index in [9.17, 15) is 4.39 Å². The minimum absolute atomic E-state index is 0.166. The Morgan fingerprint density at radius 2 is 2.13 bits per heavy atom. The molecule has 0 amide bonds. The molecule has 7 nitrogen and oxygen atoms in total. The van der Waals surface area contributed by atoms with Crippen molar-refractivity contribution in [3.05, 3.63) is 35.2 Å². The van der Waals surface area contributed by atoms with Gasteiger partial charge in [-0.15, -0.1) is 0 Å². The van der Waals surface area contributed by atoms with Crippen LogP contribution in [0, 0.1) is 5.82 Å². The molecule has 1 aromatic carbocycles. The summed E-state index contributed by atoms with van der Waals surface area (Å²) in [4.78, 5) is 10.9. The zero-order valence-electron chi connectivity index (χ0n) is 16.9. The molecule has 2 N–H and O–H groups in total. The van der Waals surface area contributed by atoms with Gasteiger partial charge in [-0.1, -0.05) is 11.6 Å². The van der Waals surface area contributed by atoms with Crippen LogP contribution in [0.3, 0.4) is 0 Å². The first-order valence-corrected chi connectivity index (χ1v) is 10.8. The molecule has 2 aliphatic rings. The Kier molecular flexibility index (Phi) is 7.20. The molecule has 9 heteroatoms. The zero-order chi connectivity index (χ0) is 20.8. The lowest BCUT2D eigenvalue weighted by atomic mass is 10.2. The Morgan fingerprint density at radius 1 is 1.27 bits per heavy atom. The monoisotopic (exact) mass is 435 g/mol. The lowest BCUT2D eigenvalue weighted by Gasteiger charge is -2.15. The highest BCUT2D eigenvalue weighted by Crippen LogP contribution is 2.25. The highest BCUT2D eigenvalue weighted by molar-refractivity contribution is 6.32. The molecule has 0 bridgehead atoms. The summed E-state index contributed by atoms with van der Waals surface area (Å²) in [5, 5.41) is 6.64. The Bertz CT molecular complexity index is 844. The highest BCUT2D eigenvalue weighted by atomic mass is 35.5. The van der Waals surface area contributed by atoms with E-state index in [2.05, 4.69) is 25.5 Å². The zero-order valence-corrected chi connectivity index (χ0v) is 17.6. The molecule has 2 aliphatic heterocycles. The lowest BCUT2D eigenvalue weighted by Crippen LogP contribution is -2.25. The number of hydrogen-bond donors (Lipinski definition) is 2. The van der Waals surface area contributed by atoms with Gasteiger partial charge >= 0.3 is 0 Å². The van der Waals surface area contributed by atoms with Crippen LogP contribution in [0.5, 0.6) is 5.75 Å². The standard InChI is InChI=1S/C21H27ClFN5O2/c22-17-14-25-21(27-20(17)24-13-16-4-3-10-29-16)26-15-5-6-19(18(23)12-15)30-11-9-28-7-1-2-8-28/h5-6,12,14,16H,1-4,7-11,13H2,(H2,24,25,26,27)/t16-/m1/s1. The van der Waals surface area contributed by atoms with Gasteiger partial charge in [0, 0.05) is 31.5 Å². The molecule has 3 heterocycles. The van der Waals surface area contributed by atoms with E-state index in [1.807, 2.05) is 0 Å². The van der Waals surface area contributed by atoms with Gasteiger partial charge in [0.1, 0.15) is 11.6 Å². The van der Waals surface area contributed by atoms with E-state index in [0.717, 1.165) is 39.1 Å². The first-order chi connectivity index (χ1) is 14.7. The average Bonchev–Trinajstić information content (AvgIpc) is 3.44. The fraction of sp³-hybridized carbons (Fsp3) is 0.524. The van der Waals surface area contributed by atoms with E-state index >= 15 is 0 Å². The Morgan fingerprint density at radius 3 is 2.90 bits per heavy atom. The van der Waals surface area contributed by atoms with Crippen molar-refractivity contribution >= 4 is 29.1 Å². The molecule has 2 saturated heterocycles. The van der Waals surface area contributed by atoms with Crippen LogP contribution in [-0.2, 0) is 4.74 Å². The summed E-state index contributed by atoms with van der Waals surface area (Å²) in [6, 6.07) is 4.74. The van der Waals surface area contributed by atoms with Crippen molar-refractivity contribution in [1.29, 1.82) is 0 Å². The molecule has 162 valence electrons. The lowest BCUT2D eigenvalue weighted by molar-refractivity contribution is 0.120. The molecule has 2 fully saturated rings. The van der Waals surface area contributed by atoms with E-state index in [0.29, 0.717) is 35.6 Å². The minimum atomic E-state index is -0.424. The van der Waals surface area contributed by atoms with Crippen molar-refractivity contribution in [3.63, 3.8) is 0 Å². The summed E-state index contributed by atoms with van der Waals surface area (Å²) in [5.74, 6) is 0.672. The summed E-state index contributed by atoms with van der Waals surface area (Å²) in [7, 11) is 0. The quantitative estimate of drug-likeness (QED) is 0.614. The topological polar surface area (TPSA) is 71.5 Å². The van der Waals surface area contributed by atoms with Crippen LogP contribution in [0.2, 0.25) is 5.02 Å². The molecule has 2 aromatic rings. The summed E-state index contributed by atoms with van der Waals surface area (Å²) >= 11 is 6.19. The van der Waals surface area contributed by atoms with Gasteiger partial charge in [-0.3, -0.25) is 4.90 Å². The summed E-state index contributed by atoms with van der Waals surface area (Å²) in [5.41, 5.74) is 0.534. The van der Waals surface area contributed by atoms with Gasteiger partial charge in [0.15, 0.2) is 17.4 Å². The largest absolute Gasteiger partial charge is 0.489 e. The molecule has 0 spiro atoms. The molecule has 1 aromatic heterocycles. The molecule has 0 saturated carbocycles. The number of likely N-dealkylation sites (tertiary alicyclic amines) is 1. The number of rotatable bonds is 9. The van der Waals surface area contributed by atoms with Crippen LogP contribution in [0.15, 0.2) is 24.4 Å². The van der Waals surface area contributed by atoms with Crippen molar-refractivity contribution in [2.75, 3.05) is 50.0 Å². The van der Waals surface area contributed by atoms with E-state index < -0.39 is 5.82 Å². The molecular weight excluding hydrogens is 409 g/mol. The number of ether oxygens (including phenoxy) is 2. The fourth-order valence-electron chi connectivity index (χ4n) is 3.68. The van der Waals surface area contributed by atoms with Crippen molar-refractivity contribution in [3.8, 4) is 5.75 Å². The molecular formula is C21H27ClFN5O2. The third kappa shape index (κ3) is 5.71. The number of benzene rings is 1. The first-order valence-electron chi connectivity index (χ1n) is 10.5. The number of nitrogens with one attached hydrogen (secondary N) is 2. The number of nitrogens with zero attached hydrogens (tertiary/aromatic N) is 3. The smallest absolute Gasteiger partial charge is 0.229 e. The van der Waals surface area contributed by atoms with Crippen molar-refractivity contribution in [1.82, 2.24) is 14.9 Å². The molecule has 1 atom stereocenters. The molecule has 30 heavy (non-hydrogen) atoms. The number of hydrogen-bond acceptors (Lipinski definition) is 7. The van der Waals surface area contributed by atoms with Gasteiger partial charge in [0.25, 0.3) is 0 Å². The number of halogens is 2. The Balaban J connectivity index is 1.32. The van der Waals surface area contributed by atoms with Gasteiger partial charge in [0.05, 0.1) is 12.3 Å². The maximum Gasteiger partial charge on any atom is 0.229 e. The maximum atomic E-state index is 14.4. The molecule has 0 aliphatic carbocycles. The molecule has 0 unspecified atom stereocenters. The molecule has 0 radical (unpaired) electrons. The average molecular weight is 436 g/mol. The molecule has 4 rings (SSSR count). The van der Waals surface area contributed by atoms with E-state index in [4.69, 9.17) is 21.1 Å². The predicted molar refractivity (Wildman–Crippen MR) is 115 cm³/mol. The van der Waals surface area contributed by atoms with Crippen molar-refractivity contribution < 1.29 is 13.9 Å². The fourth-order valence-corrected chi connectivity index (χ4v) is 3.84. The van der Waals surface area contributed by atoms with Crippen LogP contribution < -0.4 is 15.4 Å². The van der Waals surface area contributed by atoms with Crippen molar-refractivity contribution in [2.45, 2.75) is 31.8 Å². The second-order valence-corrected chi connectivity index (χ2v) is 7.98. The second kappa shape index (κ2) is 10.2. The van der Waals surface area contributed by atoms with E-state index in [-0.39, 0.29) is 11.9 Å².